The summed E-state index contributed by atoms with van der Waals surface area (Å²) in [5, 5.41) is 2.85. The van der Waals surface area contributed by atoms with Gasteiger partial charge in [-0.1, -0.05) is 11.3 Å². The summed E-state index contributed by atoms with van der Waals surface area (Å²) < 4.78 is 26.7. The predicted octanol–water partition coefficient (Wildman–Crippen LogP) is 1.28. The average molecular weight is 304 g/mol. The second kappa shape index (κ2) is 4.92. The topological polar surface area (TPSA) is 98.0 Å². The first-order valence-electron chi connectivity index (χ1n) is 5.02. The van der Waals surface area contributed by atoms with Gasteiger partial charge in [0.2, 0.25) is 0 Å². The maximum Gasteiger partial charge on any atom is 0.252 e. The number of nitrogens with two attached hydrogens (primary N) is 1. The van der Waals surface area contributed by atoms with Crippen molar-refractivity contribution in [1.29, 1.82) is 0 Å². The van der Waals surface area contributed by atoms with Crippen LogP contribution in [-0.2, 0) is 16.6 Å². The molecule has 0 aromatic carbocycles. The van der Waals surface area contributed by atoms with Gasteiger partial charge in [0.1, 0.15) is 5.01 Å². The van der Waals surface area contributed by atoms with Crippen LogP contribution in [-0.4, -0.2) is 18.4 Å². The number of nitrogens with one attached hydrogen (secondary N) is 1. The summed E-state index contributed by atoms with van der Waals surface area (Å²) in [6.07, 6.45) is 0. The molecule has 0 amide bonds. The Hall–Kier alpha value is -1.03. The van der Waals surface area contributed by atoms with Crippen molar-refractivity contribution in [3.63, 3.8) is 0 Å². The number of aromatic nitrogens is 2. The molecule has 6 nitrogen and oxygen atoms in total. The molecule has 0 bridgehead atoms. The van der Waals surface area contributed by atoms with Crippen LogP contribution in [0.5, 0.6) is 0 Å². The van der Waals surface area contributed by atoms with Crippen molar-refractivity contribution >= 4 is 37.8 Å². The van der Waals surface area contributed by atoms with Crippen LogP contribution in [0.2, 0.25) is 0 Å². The van der Waals surface area contributed by atoms with Gasteiger partial charge in [-0.15, -0.1) is 11.3 Å². The highest BCUT2D eigenvalue weighted by molar-refractivity contribution is 7.91. The number of sulfonamides is 1. The Morgan fingerprint density at radius 3 is 2.61 bits per heavy atom. The normalized spacial score (nSPS) is 11.9. The third kappa shape index (κ3) is 2.86. The lowest BCUT2D eigenvalue weighted by Gasteiger charge is -2.02. The minimum Gasteiger partial charge on any atom is -0.375 e. The van der Waals surface area contributed by atoms with Crippen LogP contribution < -0.4 is 10.5 Å². The molecule has 3 N–H and O–H groups in total. The summed E-state index contributed by atoms with van der Waals surface area (Å²) >= 11 is 2.38. The van der Waals surface area contributed by atoms with Crippen molar-refractivity contribution in [2.45, 2.75) is 24.6 Å². The molecule has 98 valence electrons. The van der Waals surface area contributed by atoms with E-state index in [4.69, 9.17) is 5.73 Å². The molecular formula is C9H12N4O2S3. The summed E-state index contributed by atoms with van der Waals surface area (Å²) in [5.41, 5.74) is 6.79. The maximum atomic E-state index is 12.0. The first-order chi connectivity index (χ1) is 8.38. The molecular weight excluding hydrogens is 292 g/mol. The van der Waals surface area contributed by atoms with Gasteiger partial charge < -0.3 is 5.73 Å². The van der Waals surface area contributed by atoms with E-state index in [1.165, 1.54) is 11.3 Å². The van der Waals surface area contributed by atoms with E-state index < -0.39 is 10.0 Å². The molecule has 2 aromatic heterocycles. The summed E-state index contributed by atoms with van der Waals surface area (Å²) in [6, 6.07) is 0. The Kier molecular flexibility index (Phi) is 3.66. The van der Waals surface area contributed by atoms with Crippen molar-refractivity contribution in [1.82, 2.24) is 14.7 Å². The number of hydrogen-bond donors (Lipinski definition) is 2. The lowest BCUT2D eigenvalue weighted by atomic mass is 10.6. The van der Waals surface area contributed by atoms with E-state index in [0.29, 0.717) is 5.69 Å². The number of anilines is 1. The molecule has 0 aliphatic heterocycles. The number of nitrogen functional groups attached to an aromatic ring is 1. The number of rotatable bonds is 4. The molecule has 0 saturated carbocycles. The lowest BCUT2D eigenvalue weighted by molar-refractivity contribution is 0.582. The van der Waals surface area contributed by atoms with Crippen molar-refractivity contribution in [2.75, 3.05) is 5.73 Å². The molecule has 0 aliphatic carbocycles. The zero-order valence-corrected chi connectivity index (χ0v) is 12.2. The molecule has 2 heterocycles. The third-order valence-corrected chi connectivity index (χ3v) is 6.06. The summed E-state index contributed by atoms with van der Waals surface area (Å²) in [4.78, 5) is 8.09. The fourth-order valence-electron chi connectivity index (χ4n) is 1.36. The number of thiazole rings is 2. The molecule has 0 spiro atoms. The quantitative estimate of drug-likeness (QED) is 0.886. The molecule has 0 saturated heterocycles. The molecule has 0 fully saturated rings. The highest BCUT2D eigenvalue weighted by Gasteiger charge is 2.21. The Labute approximate surface area is 113 Å². The Morgan fingerprint density at radius 1 is 1.39 bits per heavy atom. The first kappa shape index (κ1) is 13.4. The van der Waals surface area contributed by atoms with E-state index in [9.17, 15) is 8.42 Å². The van der Waals surface area contributed by atoms with E-state index in [1.807, 2.05) is 12.3 Å². The van der Waals surface area contributed by atoms with Crippen LogP contribution in [0.25, 0.3) is 0 Å². The maximum absolute atomic E-state index is 12.0. The zero-order valence-electron chi connectivity index (χ0n) is 9.80. The highest BCUT2D eigenvalue weighted by Crippen LogP contribution is 2.24. The first-order valence-corrected chi connectivity index (χ1v) is 8.20. The number of nitrogens with zero attached hydrogens (tertiary/aromatic N) is 2. The average Bonchev–Trinajstić information content (AvgIpc) is 2.82. The smallest absolute Gasteiger partial charge is 0.252 e. The van der Waals surface area contributed by atoms with E-state index in [-0.39, 0.29) is 15.9 Å². The fourth-order valence-corrected chi connectivity index (χ4v) is 4.49. The molecule has 2 rings (SSSR count). The summed E-state index contributed by atoms with van der Waals surface area (Å²) in [7, 11) is -3.57. The minimum atomic E-state index is -3.57. The van der Waals surface area contributed by atoms with Crippen LogP contribution in [0.1, 0.15) is 16.4 Å². The van der Waals surface area contributed by atoms with Gasteiger partial charge in [-0.05, 0) is 13.8 Å². The minimum absolute atomic E-state index is 0.160. The third-order valence-electron chi connectivity index (χ3n) is 2.09. The highest BCUT2D eigenvalue weighted by atomic mass is 32.2. The van der Waals surface area contributed by atoms with E-state index in [2.05, 4.69) is 14.7 Å². The van der Waals surface area contributed by atoms with Gasteiger partial charge in [0.25, 0.3) is 10.0 Å². The predicted molar refractivity (Wildman–Crippen MR) is 72.1 cm³/mol. The fraction of sp³-hybridized carbons (Fsp3) is 0.333. The van der Waals surface area contributed by atoms with Gasteiger partial charge in [-0.3, -0.25) is 0 Å². The van der Waals surface area contributed by atoms with E-state index in [1.54, 1.807) is 6.92 Å². The van der Waals surface area contributed by atoms with Gasteiger partial charge >= 0.3 is 0 Å². The van der Waals surface area contributed by atoms with Crippen LogP contribution in [0, 0.1) is 13.8 Å². The van der Waals surface area contributed by atoms with Crippen LogP contribution >= 0.6 is 22.7 Å². The summed E-state index contributed by atoms with van der Waals surface area (Å²) in [6.45, 7) is 3.66. The van der Waals surface area contributed by atoms with Crippen molar-refractivity contribution in [3.05, 3.63) is 21.8 Å². The number of aryl methyl sites for hydroxylation is 2. The van der Waals surface area contributed by atoms with Gasteiger partial charge in [0.15, 0.2) is 9.34 Å². The van der Waals surface area contributed by atoms with Gasteiger partial charge in [0, 0.05) is 11.1 Å². The van der Waals surface area contributed by atoms with Crippen molar-refractivity contribution < 1.29 is 8.42 Å². The van der Waals surface area contributed by atoms with Crippen LogP contribution in [0.15, 0.2) is 9.59 Å². The molecule has 9 heteroatoms. The van der Waals surface area contributed by atoms with Crippen LogP contribution in [0.4, 0.5) is 5.13 Å². The van der Waals surface area contributed by atoms with Gasteiger partial charge in [-0.2, -0.15) is 0 Å². The number of hydrogen-bond acceptors (Lipinski definition) is 7. The van der Waals surface area contributed by atoms with Crippen molar-refractivity contribution in [2.24, 2.45) is 0 Å². The molecule has 0 radical (unpaired) electrons. The Morgan fingerprint density at radius 2 is 2.11 bits per heavy atom. The summed E-state index contributed by atoms with van der Waals surface area (Å²) in [5.74, 6) is 0. The Balaban J connectivity index is 2.15. The molecule has 18 heavy (non-hydrogen) atoms. The van der Waals surface area contributed by atoms with Gasteiger partial charge in [0.05, 0.1) is 12.2 Å². The standard InChI is InChI=1S/C9H12N4O2S3/c1-5-4-16-7(12-5)3-11-18(14,15)8-6(2)13-9(10)17-8/h4,11H,3H2,1-2H3,(H2,10,13). The van der Waals surface area contributed by atoms with Gasteiger partial charge in [-0.25, -0.2) is 23.1 Å². The van der Waals surface area contributed by atoms with Crippen LogP contribution in [0.3, 0.4) is 0 Å². The second-order valence-corrected chi connectivity index (χ2v) is 7.57. The Bertz CT molecular complexity index is 659. The van der Waals surface area contributed by atoms with E-state index in [0.717, 1.165) is 22.0 Å². The monoisotopic (exact) mass is 304 g/mol. The molecule has 0 aliphatic rings. The van der Waals surface area contributed by atoms with E-state index >= 15 is 0 Å². The lowest BCUT2D eigenvalue weighted by Crippen LogP contribution is -2.23. The SMILES string of the molecule is Cc1csc(CNS(=O)(=O)c2sc(N)nc2C)n1. The van der Waals surface area contributed by atoms with Crippen molar-refractivity contribution in [3.8, 4) is 0 Å². The molecule has 0 atom stereocenters. The molecule has 0 unspecified atom stereocenters. The zero-order chi connectivity index (χ0) is 13.3. The largest absolute Gasteiger partial charge is 0.375 e. The second-order valence-electron chi connectivity index (χ2n) is 3.63. The molecule has 2 aromatic rings.